The summed E-state index contributed by atoms with van der Waals surface area (Å²) in [5.74, 6) is 0.0618. The van der Waals surface area contributed by atoms with E-state index in [0.717, 1.165) is 0 Å². The Morgan fingerprint density at radius 2 is 1.77 bits per heavy atom. The quantitative estimate of drug-likeness (QED) is 0.733. The van der Waals surface area contributed by atoms with Crippen LogP contribution in [0, 0.1) is 11.2 Å². The molecule has 2 heterocycles. The van der Waals surface area contributed by atoms with Crippen molar-refractivity contribution in [1.82, 2.24) is 4.90 Å². The van der Waals surface area contributed by atoms with Gasteiger partial charge in [0.2, 0.25) is 0 Å². The first kappa shape index (κ1) is 23.7. The standard InChI is InChI=1S/C22H34BFN2O5/c1-20(2,3)18-13-25(19(27)28)9-10-26(18)16-12-15(24)14(11-17(16)29-8)23-30-21(4,5)22(6,7)31-23/h11-12,18H,9-10,13H2,1-8H3,(H,27,28). The molecule has 2 aliphatic rings. The molecule has 2 fully saturated rings. The van der Waals surface area contributed by atoms with Crippen molar-refractivity contribution in [3.8, 4) is 5.75 Å². The topological polar surface area (TPSA) is 71.5 Å². The zero-order chi connectivity index (χ0) is 23.4. The van der Waals surface area contributed by atoms with E-state index in [2.05, 4.69) is 25.7 Å². The summed E-state index contributed by atoms with van der Waals surface area (Å²) in [6.45, 7) is 15.0. The highest BCUT2D eigenvalue weighted by Gasteiger charge is 2.52. The maximum atomic E-state index is 15.4. The third kappa shape index (κ3) is 4.35. The van der Waals surface area contributed by atoms with Crippen LogP contribution in [0.2, 0.25) is 0 Å². The van der Waals surface area contributed by atoms with Crippen molar-refractivity contribution in [1.29, 1.82) is 0 Å². The second kappa shape index (κ2) is 7.85. The number of hydrogen-bond acceptors (Lipinski definition) is 5. The lowest BCUT2D eigenvalue weighted by atomic mass is 9.78. The molecular weight excluding hydrogens is 402 g/mol. The molecule has 1 aromatic rings. The largest absolute Gasteiger partial charge is 0.497 e. The van der Waals surface area contributed by atoms with Gasteiger partial charge in [-0.1, -0.05) is 20.8 Å². The number of ether oxygens (including phenoxy) is 1. The molecule has 0 saturated carbocycles. The summed E-state index contributed by atoms with van der Waals surface area (Å²) in [7, 11) is 0.708. The predicted octanol–water partition coefficient (Wildman–Crippen LogP) is 3.35. The van der Waals surface area contributed by atoms with Crippen LogP contribution in [-0.2, 0) is 9.31 Å². The maximum Gasteiger partial charge on any atom is 0.497 e. The normalized spacial score (nSPS) is 23.3. The molecule has 0 bridgehead atoms. The molecule has 1 atom stereocenters. The minimum Gasteiger partial charge on any atom is -0.495 e. The minimum atomic E-state index is -0.942. The van der Waals surface area contributed by atoms with E-state index in [9.17, 15) is 9.90 Å². The van der Waals surface area contributed by atoms with Gasteiger partial charge in [-0.25, -0.2) is 9.18 Å². The third-order valence-electron chi connectivity index (χ3n) is 6.77. The van der Waals surface area contributed by atoms with Gasteiger partial charge in [0.15, 0.2) is 0 Å². The fraction of sp³-hybridized carbons (Fsp3) is 0.682. The summed E-state index contributed by atoms with van der Waals surface area (Å²) >= 11 is 0. The molecule has 3 rings (SSSR count). The summed E-state index contributed by atoms with van der Waals surface area (Å²) in [6.07, 6.45) is -0.942. The molecule has 0 radical (unpaired) electrons. The molecule has 0 aromatic heterocycles. The van der Waals surface area contributed by atoms with E-state index in [4.69, 9.17) is 14.0 Å². The molecular formula is C22H34BFN2O5. The van der Waals surface area contributed by atoms with Crippen molar-refractivity contribution in [2.75, 3.05) is 31.6 Å². The molecule has 0 aliphatic carbocycles. The molecule has 1 aromatic carbocycles. The molecule has 7 nitrogen and oxygen atoms in total. The van der Waals surface area contributed by atoms with Gasteiger partial charge in [-0.15, -0.1) is 0 Å². The fourth-order valence-corrected chi connectivity index (χ4v) is 4.08. The minimum absolute atomic E-state index is 0.145. The zero-order valence-corrected chi connectivity index (χ0v) is 19.8. The van der Waals surface area contributed by atoms with Crippen molar-refractivity contribution in [3.63, 3.8) is 0 Å². The van der Waals surface area contributed by atoms with Crippen LogP contribution in [-0.4, -0.2) is 67.2 Å². The first-order valence-electron chi connectivity index (χ1n) is 10.7. The van der Waals surface area contributed by atoms with Gasteiger partial charge in [-0.05, 0) is 39.2 Å². The Bertz CT molecular complexity index is 839. The lowest BCUT2D eigenvalue weighted by molar-refractivity contribution is 0.00578. The number of anilines is 1. The van der Waals surface area contributed by atoms with E-state index in [-0.39, 0.29) is 16.9 Å². The van der Waals surface area contributed by atoms with Crippen molar-refractivity contribution in [3.05, 3.63) is 17.9 Å². The average Bonchev–Trinajstić information content (AvgIpc) is 2.87. The number of rotatable bonds is 3. The Morgan fingerprint density at radius 1 is 1.19 bits per heavy atom. The zero-order valence-electron chi connectivity index (χ0n) is 19.8. The predicted molar refractivity (Wildman–Crippen MR) is 119 cm³/mol. The number of carbonyl (C=O) groups is 1. The molecule has 1 unspecified atom stereocenters. The molecule has 31 heavy (non-hydrogen) atoms. The van der Waals surface area contributed by atoms with Crippen LogP contribution in [0.15, 0.2) is 12.1 Å². The highest BCUT2D eigenvalue weighted by atomic mass is 19.1. The van der Waals surface area contributed by atoms with Crippen LogP contribution in [0.4, 0.5) is 14.9 Å². The molecule has 2 saturated heterocycles. The van der Waals surface area contributed by atoms with Crippen molar-refractivity contribution >= 4 is 24.4 Å². The summed E-state index contributed by atoms with van der Waals surface area (Å²) in [5, 5.41) is 9.46. The van der Waals surface area contributed by atoms with Gasteiger partial charge in [-0.2, -0.15) is 0 Å². The lowest BCUT2D eigenvalue weighted by Gasteiger charge is -2.48. The van der Waals surface area contributed by atoms with Crippen LogP contribution in [0.5, 0.6) is 5.75 Å². The average molecular weight is 436 g/mol. The van der Waals surface area contributed by atoms with Crippen molar-refractivity contribution < 1.29 is 28.3 Å². The number of piperazine rings is 1. The molecule has 9 heteroatoms. The van der Waals surface area contributed by atoms with E-state index in [1.165, 1.54) is 11.0 Å². The number of nitrogens with zero attached hydrogens (tertiary/aromatic N) is 2. The highest BCUT2D eigenvalue weighted by molar-refractivity contribution is 6.62. The van der Waals surface area contributed by atoms with Gasteiger partial charge in [0.05, 0.1) is 30.0 Å². The second-order valence-electron chi connectivity index (χ2n) is 10.4. The van der Waals surface area contributed by atoms with Gasteiger partial charge >= 0.3 is 13.2 Å². The van der Waals surface area contributed by atoms with Crippen LogP contribution < -0.4 is 15.1 Å². The Morgan fingerprint density at radius 3 is 2.26 bits per heavy atom. The first-order valence-corrected chi connectivity index (χ1v) is 10.7. The summed E-state index contributed by atoms with van der Waals surface area (Å²) in [6, 6.07) is 2.94. The Hall–Kier alpha value is -2.00. The van der Waals surface area contributed by atoms with Crippen LogP contribution in [0.1, 0.15) is 48.5 Å². The van der Waals surface area contributed by atoms with E-state index in [1.54, 1.807) is 13.2 Å². The first-order chi connectivity index (χ1) is 14.2. The summed E-state index contributed by atoms with van der Waals surface area (Å²) in [5.41, 5.74) is -0.512. The number of halogens is 1. The van der Waals surface area contributed by atoms with E-state index < -0.39 is 30.2 Å². The van der Waals surface area contributed by atoms with Crippen LogP contribution in [0.25, 0.3) is 0 Å². The molecule has 172 valence electrons. The molecule has 1 amide bonds. The fourth-order valence-electron chi connectivity index (χ4n) is 4.08. The van der Waals surface area contributed by atoms with Crippen molar-refractivity contribution in [2.24, 2.45) is 5.41 Å². The van der Waals surface area contributed by atoms with Crippen LogP contribution in [0.3, 0.4) is 0 Å². The number of amides is 1. The Balaban J connectivity index is 1.99. The molecule has 1 N–H and O–H groups in total. The summed E-state index contributed by atoms with van der Waals surface area (Å²) < 4.78 is 33.1. The van der Waals surface area contributed by atoms with Gasteiger partial charge in [0.1, 0.15) is 11.6 Å². The SMILES string of the molecule is COc1cc(B2OC(C)(C)C(C)(C)O2)c(F)cc1N1CCN(C(=O)O)CC1C(C)(C)C. The third-order valence-corrected chi connectivity index (χ3v) is 6.77. The molecule has 0 spiro atoms. The van der Waals surface area contributed by atoms with Crippen LogP contribution >= 0.6 is 0 Å². The van der Waals surface area contributed by atoms with Gasteiger partial charge in [0.25, 0.3) is 0 Å². The monoisotopic (exact) mass is 436 g/mol. The lowest BCUT2D eigenvalue weighted by Crippen LogP contribution is -2.59. The van der Waals surface area contributed by atoms with E-state index in [1.807, 2.05) is 27.7 Å². The maximum absolute atomic E-state index is 15.4. The number of benzene rings is 1. The number of hydrogen-bond donors (Lipinski definition) is 1. The molecule has 2 aliphatic heterocycles. The van der Waals surface area contributed by atoms with Gasteiger partial charge in [0, 0.05) is 31.2 Å². The highest BCUT2D eigenvalue weighted by Crippen LogP contribution is 2.39. The van der Waals surface area contributed by atoms with Gasteiger partial charge in [-0.3, -0.25) is 0 Å². The van der Waals surface area contributed by atoms with E-state index >= 15 is 4.39 Å². The Labute approximate surface area is 184 Å². The number of carboxylic acid groups (broad SMARTS) is 1. The van der Waals surface area contributed by atoms with Crippen molar-refractivity contribution in [2.45, 2.75) is 65.7 Å². The number of methoxy groups -OCH3 is 1. The van der Waals surface area contributed by atoms with E-state index in [0.29, 0.717) is 31.1 Å². The Kier molecular flexibility index (Phi) is 5.99. The smallest absolute Gasteiger partial charge is 0.495 e. The second-order valence-corrected chi connectivity index (χ2v) is 10.4. The summed E-state index contributed by atoms with van der Waals surface area (Å²) in [4.78, 5) is 15.0. The van der Waals surface area contributed by atoms with Gasteiger partial charge < -0.3 is 29.0 Å².